The molecule has 1 amide bonds. The highest BCUT2D eigenvalue weighted by molar-refractivity contribution is 5.96. The minimum atomic E-state index is -1.23. The van der Waals surface area contributed by atoms with Gasteiger partial charge in [-0.15, -0.1) is 0 Å². The largest absolute Gasteiger partial charge is 0.478 e. The molecule has 0 saturated carbocycles. The lowest BCUT2D eigenvalue weighted by molar-refractivity contribution is 0.0695. The predicted molar refractivity (Wildman–Crippen MR) is 101 cm³/mol. The van der Waals surface area contributed by atoms with Gasteiger partial charge < -0.3 is 15.3 Å². The number of carbonyl (C=O) groups excluding carboxylic acids is 1. The van der Waals surface area contributed by atoms with Crippen molar-refractivity contribution in [1.82, 2.24) is 20.2 Å². The number of carbonyl (C=O) groups is 2. The summed E-state index contributed by atoms with van der Waals surface area (Å²) in [4.78, 5) is 35.8. The van der Waals surface area contributed by atoms with Crippen LogP contribution in [0.1, 0.15) is 27.1 Å². The first-order chi connectivity index (χ1) is 13.5. The molecular formula is C19H22FN5O3. The predicted octanol–water partition coefficient (Wildman–Crippen LogP) is 1.26. The van der Waals surface area contributed by atoms with Crippen molar-refractivity contribution < 1.29 is 19.1 Å². The Morgan fingerprint density at radius 1 is 1.14 bits per heavy atom. The van der Waals surface area contributed by atoms with Gasteiger partial charge in [-0.1, -0.05) is 0 Å². The Morgan fingerprint density at radius 2 is 1.86 bits per heavy atom. The summed E-state index contributed by atoms with van der Waals surface area (Å²) in [6, 6.07) is 5.06. The lowest BCUT2D eigenvalue weighted by Crippen LogP contribution is -2.47. The van der Waals surface area contributed by atoms with E-state index >= 15 is 0 Å². The fourth-order valence-electron chi connectivity index (χ4n) is 3.06. The number of carboxylic acid groups (broad SMARTS) is 1. The van der Waals surface area contributed by atoms with Crippen LogP contribution in [-0.2, 0) is 0 Å². The van der Waals surface area contributed by atoms with Crippen molar-refractivity contribution in [2.24, 2.45) is 0 Å². The fourth-order valence-corrected chi connectivity index (χ4v) is 3.06. The molecule has 8 nitrogen and oxygen atoms in total. The van der Waals surface area contributed by atoms with Crippen LogP contribution in [0.3, 0.4) is 0 Å². The maximum absolute atomic E-state index is 13.9. The molecule has 1 saturated heterocycles. The van der Waals surface area contributed by atoms with E-state index in [4.69, 9.17) is 5.11 Å². The first-order valence-electron chi connectivity index (χ1n) is 9.10. The van der Waals surface area contributed by atoms with E-state index in [2.05, 4.69) is 25.1 Å². The van der Waals surface area contributed by atoms with Gasteiger partial charge in [0.05, 0.1) is 11.1 Å². The molecule has 0 radical (unpaired) electrons. The number of nitrogens with zero attached hydrogens (tertiary/aromatic N) is 4. The quantitative estimate of drug-likeness (QED) is 0.690. The molecule has 0 atom stereocenters. The molecular weight excluding hydrogens is 365 g/mol. The summed E-state index contributed by atoms with van der Waals surface area (Å²) in [6.07, 6.45) is 4.20. The lowest BCUT2D eigenvalue weighted by atomic mass is 10.1. The van der Waals surface area contributed by atoms with Gasteiger partial charge in [0.25, 0.3) is 5.91 Å². The van der Waals surface area contributed by atoms with Gasteiger partial charge in [0.15, 0.2) is 0 Å². The minimum Gasteiger partial charge on any atom is -0.478 e. The van der Waals surface area contributed by atoms with Crippen molar-refractivity contribution in [3.05, 3.63) is 53.6 Å². The number of anilines is 1. The van der Waals surface area contributed by atoms with Gasteiger partial charge >= 0.3 is 5.97 Å². The van der Waals surface area contributed by atoms with Gasteiger partial charge in [-0.2, -0.15) is 0 Å². The normalized spacial score (nSPS) is 14.7. The summed E-state index contributed by atoms with van der Waals surface area (Å²) in [5, 5.41) is 11.5. The number of hydrogen-bond donors (Lipinski definition) is 2. The van der Waals surface area contributed by atoms with E-state index in [0.29, 0.717) is 6.54 Å². The number of aromatic carboxylic acids is 1. The second-order valence-electron chi connectivity index (χ2n) is 6.49. The third kappa shape index (κ3) is 5.01. The third-order valence-electron chi connectivity index (χ3n) is 4.60. The summed E-state index contributed by atoms with van der Waals surface area (Å²) in [6.45, 7) is 4.70. The standard InChI is InChI=1S/C19H22FN5O3/c20-16-13-14(18(27)28)3-4-15(16)17(26)21-7-2-8-24-9-11-25(12-10-24)19-22-5-1-6-23-19/h1,3-6,13H,2,7-12H2,(H,21,26)(H,27,28). The third-order valence-corrected chi connectivity index (χ3v) is 4.60. The Labute approximate surface area is 162 Å². The van der Waals surface area contributed by atoms with Crippen LogP contribution in [0.5, 0.6) is 0 Å². The summed E-state index contributed by atoms with van der Waals surface area (Å²) in [5.74, 6) is -1.87. The summed E-state index contributed by atoms with van der Waals surface area (Å²) < 4.78 is 13.9. The first kappa shape index (κ1) is 19.7. The molecule has 1 aliphatic heterocycles. The molecule has 28 heavy (non-hydrogen) atoms. The number of hydrogen-bond acceptors (Lipinski definition) is 6. The molecule has 2 N–H and O–H groups in total. The lowest BCUT2D eigenvalue weighted by Gasteiger charge is -2.34. The number of nitrogens with one attached hydrogen (secondary N) is 1. The molecule has 2 aromatic rings. The SMILES string of the molecule is O=C(O)c1ccc(C(=O)NCCCN2CCN(c3ncccn3)CC2)c(F)c1. The van der Waals surface area contributed by atoms with E-state index in [0.717, 1.165) is 51.2 Å². The van der Waals surface area contributed by atoms with Crippen LogP contribution in [0, 0.1) is 5.82 Å². The van der Waals surface area contributed by atoms with Crippen LogP contribution in [0.4, 0.5) is 10.3 Å². The Kier molecular flexibility index (Phi) is 6.49. The van der Waals surface area contributed by atoms with Crippen LogP contribution < -0.4 is 10.2 Å². The zero-order valence-corrected chi connectivity index (χ0v) is 15.3. The van der Waals surface area contributed by atoms with Gasteiger partial charge in [0.1, 0.15) is 5.82 Å². The zero-order valence-electron chi connectivity index (χ0n) is 15.3. The minimum absolute atomic E-state index is 0.151. The highest BCUT2D eigenvalue weighted by Gasteiger charge is 2.18. The van der Waals surface area contributed by atoms with Crippen molar-refractivity contribution >= 4 is 17.8 Å². The molecule has 0 spiro atoms. The van der Waals surface area contributed by atoms with Crippen LogP contribution in [-0.4, -0.2) is 71.1 Å². The van der Waals surface area contributed by atoms with Gasteiger partial charge in [-0.05, 0) is 37.2 Å². The highest BCUT2D eigenvalue weighted by atomic mass is 19.1. The van der Waals surface area contributed by atoms with Crippen molar-refractivity contribution in [2.45, 2.75) is 6.42 Å². The van der Waals surface area contributed by atoms with E-state index in [1.807, 2.05) is 0 Å². The number of benzene rings is 1. The molecule has 1 aliphatic rings. The number of rotatable bonds is 7. The monoisotopic (exact) mass is 387 g/mol. The molecule has 0 bridgehead atoms. The van der Waals surface area contributed by atoms with Crippen LogP contribution >= 0.6 is 0 Å². The van der Waals surface area contributed by atoms with Crippen LogP contribution in [0.25, 0.3) is 0 Å². The molecule has 1 aromatic heterocycles. The molecule has 0 unspecified atom stereocenters. The number of carboxylic acids is 1. The molecule has 0 aliphatic carbocycles. The van der Waals surface area contributed by atoms with Crippen molar-refractivity contribution in [3.63, 3.8) is 0 Å². The van der Waals surface area contributed by atoms with Crippen molar-refractivity contribution in [1.29, 1.82) is 0 Å². The van der Waals surface area contributed by atoms with Crippen LogP contribution in [0.15, 0.2) is 36.7 Å². The summed E-state index contributed by atoms with van der Waals surface area (Å²) >= 11 is 0. The van der Waals surface area contributed by atoms with Gasteiger partial charge in [0, 0.05) is 45.1 Å². The molecule has 3 rings (SSSR count). The Bertz CT molecular complexity index is 826. The summed E-state index contributed by atoms with van der Waals surface area (Å²) in [7, 11) is 0. The topological polar surface area (TPSA) is 98.7 Å². The second-order valence-corrected chi connectivity index (χ2v) is 6.49. The molecule has 2 heterocycles. The van der Waals surface area contributed by atoms with E-state index in [1.165, 1.54) is 12.1 Å². The van der Waals surface area contributed by atoms with E-state index in [9.17, 15) is 14.0 Å². The Hall–Kier alpha value is -3.07. The van der Waals surface area contributed by atoms with Crippen LogP contribution in [0.2, 0.25) is 0 Å². The van der Waals surface area contributed by atoms with Crippen molar-refractivity contribution in [3.8, 4) is 0 Å². The number of halogens is 1. The Morgan fingerprint density at radius 3 is 2.50 bits per heavy atom. The van der Waals surface area contributed by atoms with Gasteiger partial charge in [-0.3, -0.25) is 9.69 Å². The summed E-state index contributed by atoms with van der Waals surface area (Å²) in [5.41, 5.74) is -0.337. The number of amides is 1. The van der Waals surface area contributed by atoms with Gasteiger partial charge in [-0.25, -0.2) is 19.2 Å². The zero-order chi connectivity index (χ0) is 19.9. The molecule has 148 valence electrons. The number of piperazine rings is 1. The highest BCUT2D eigenvalue weighted by Crippen LogP contribution is 2.11. The van der Waals surface area contributed by atoms with E-state index in [1.54, 1.807) is 18.5 Å². The average molecular weight is 387 g/mol. The van der Waals surface area contributed by atoms with E-state index < -0.39 is 17.7 Å². The van der Waals surface area contributed by atoms with Crippen molar-refractivity contribution in [2.75, 3.05) is 44.2 Å². The molecule has 1 fully saturated rings. The maximum atomic E-state index is 13.9. The Balaban J connectivity index is 1.38. The first-order valence-corrected chi connectivity index (χ1v) is 9.10. The molecule has 1 aromatic carbocycles. The van der Waals surface area contributed by atoms with Gasteiger partial charge in [0.2, 0.25) is 5.95 Å². The average Bonchev–Trinajstić information content (AvgIpc) is 2.72. The number of aromatic nitrogens is 2. The second kappa shape index (κ2) is 9.23. The molecule has 9 heteroatoms. The fraction of sp³-hybridized carbons (Fsp3) is 0.368. The maximum Gasteiger partial charge on any atom is 0.335 e. The smallest absolute Gasteiger partial charge is 0.335 e. The van der Waals surface area contributed by atoms with E-state index in [-0.39, 0.29) is 11.1 Å².